The Hall–Kier alpha value is -0.610. The molecule has 0 bridgehead atoms. The van der Waals surface area contributed by atoms with Crippen LogP contribution in [0.25, 0.3) is 0 Å². The first-order valence-corrected chi connectivity index (χ1v) is 6.25. The van der Waals surface area contributed by atoms with Crippen molar-refractivity contribution >= 4 is 5.91 Å². The summed E-state index contributed by atoms with van der Waals surface area (Å²) in [5, 5.41) is 2.93. The first-order chi connectivity index (χ1) is 7.76. The number of nitrogens with two attached hydrogens (primary N) is 1. The lowest BCUT2D eigenvalue weighted by Gasteiger charge is -2.13. The fourth-order valence-electron chi connectivity index (χ4n) is 2.26. The van der Waals surface area contributed by atoms with Crippen LogP contribution in [0.3, 0.4) is 0 Å². The summed E-state index contributed by atoms with van der Waals surface area (Å²) in [6.07, 6.45) is 6.73. The summed E-state index contributed by atoms with van der Waals surface area (Å²) < 4.78 is 5.06. The van der Waals surface area contributed by atoms with Crippen LogP contribution in [0.15, 0.2) is 0 Å². The lowest BCUT2D eigenvalue weighted by molar-refractivity contribution is -0.123. The standard InChI is InChI=1S/C12H24N2O2/c1-16-11(9-13)8-12(15)14-7-6-10-4-2-3-5-10/h10-11H,2-9,13H2,1H3,(H,14,15). The number of methoxy groups -OCH3 is 1. The van der Waals surface area contributed by atoms with Gasteiger partial charge in [-0.05, 0) is 12.3 Å². The molecule has 1 aliphatic carbocycles. The lowest BCUT2D eigenvalue weighted by atomic mass is 10.0. The number of ether oxygens (including phenoxy) is 1. The summed E-state index contributed by atoms with van der Waals surface area (Å²) in [4.78, 5) is 11.5. The van der Waals surface area contributed by atoms with Crippen LogP contribution in [-0.2, 0) is 9.53 Å². The van der Waals surface area contributed by atoms with Crippen molar-refractivity contribution in [2.75, 3.05) is 20.2 Å². The molecule has 16 heavy (non-hydrogen) atoms. The predicted octanol–water partition coefficient (Wildman–Crippen LogP) is 1.05. The van der Waals surface area contributed by atoms with Gasteiger partial charge in [0.25, 0.3) is 0 Å². The van der Waals surface area contributed by atoms with E-state index in [1.165, 1.54) is 25.7 Å². The van der Waals surface area contributed by atoms with Crippen LogP contribution in [-0.4, -0.2) is 32.2 Å². The third-order valence-electron chi connectivity index (χ3n) is 3.36. The zero-order valence-electron chi connectivity index (χ0n) is 10.2. The van der Waals surface area contributed by atoms with Crippen molar-refractivity contribution in [3.8, 4) is 0 Å². The summed E-state index contributed by atoms with van der Waals surface area (Å²) in [7, 11) is 1.59. The van der Waals surface area contributed by atoms with Crippen molar-refractivity contribution < 1.29 is 9.53 Å². The largest absolute Gasteiger partial charge is 0.380 e. The van der Waals surface area contributed by atoms with Crippen molar-refractivity contribution in [3.63, 3.8) is 0 Å². The van der Waals surface area contributed by atoms with Gasteiger partial charge in [-0.2, -0.15) is 0 Å². The first kappa shape index (κ1) is 13.5. The van der Waals surface area contributed by atoms with Crippen molar-refractivity contribution in [1.29, 1.82) is 0 Å². The molecule has 0 spiro atoms. The van der Waals surface area contributed by atoms with Crippen LogP contribution in [0.1, 0.15) is 38.5 Å². The second kappa shape index (κ2) is 7.63. The van der Waals surface area contributed by atoms with E-state index in [1.807, 2.05) is 0 Å². The fraction of sp³-hybridized carbons (Fsp3) is 0.917. The molecule has 3 N–H and O–H groups in total. The minimum Gasteiger partial charge on any atom is -0.380 e. The molecule has 0 aromatic carbocycles. The minimum atomic E-state index is -0.147. The Morgan fingerprint density at radius 1 is 1.50 bits per heavy atom. The molecule has 1 rings (SSSR count). The molecule has 0 aromatic heterocycles. The molecule has 1 atom stereocenters. The van der Waals surface area contributed by atoms with E-state index in [9.17, 15) is 4.79 Å². The summed E-state index contributed by atoms with van der Waals surface area (Å²) >= 11 is 0. The maximum Gasteiger partial charge on any atom is 0.222 e. The molecule has 1 aliphatic rings. The average molecular weight is 228 g/mol. The van der Waals surface area contributed by atoms with E-state index >= 15 is 0 Å². The van der Waals surface area contributed by atoms with Gasteiger partial charge < -0.3 is 15.8 Å². The second-order valence-electron chi connectivity index (χ2n) is 4.59. The Bertz CT molecular complexity index is 199. The van der Waals surface area contributed by atoms with Crippen molar-refractivity contribution in [2.45, 2.75) is 44.6 Å². The first-order valence-electron chi connectivity index (χ1n) is 6.25. The van der Waals surface area contributed by atoms with Gasteiger partial charge in [0.05, 0.1) is 12.5 Å². The van der Waals surface area contributed by atoms with E-state index in [0.717, 1.165) is 18.9 Å². The van der Waals surface area contributed by atoms with Gasteiger partial charge in [0.2, 0.25) is 5.91 Å². The SMILES string of the molecule is COC(CN)CC(=O)NCCC1CCCC1. The van der Waals surface area contributed by atoms with Gasteiger partial charge in [0.15, 0.2) is 0 Å². The zero-order chi connectivity index (χ0) is 11.8. The molecular weight excluding hydrogens is 204 g/mol. The van der Waals surface area contributed by atoms with Gasteiger partial charge in [-0.1, -0.05) is 25.7 Å². The van der Waals surface area contributed by atoms with Gasteiger partial charge in [0, 0.05) is 20.2 Å². The van der Waals surface area contributed by atoms with Crippen molar-refractivity contribution in [1.82, 2.24) is 5.32 Å². The molecule has 1 saturated carbocycles. The van der Waals surface area contributed by atoms with Crippen LogP contribution in [0.5, 0.6) is 0 Å². The maximum atomic E-state index is 11.5. The Balaban J connectivity index is 2.05. The topological polar surface area (TPSA) is 64.3 Å². The van der Waals surface area contributed by atoms with E-state index in [-0.39, 0.29) is 12.0 Å². The maximum absolute atomic E-state index is 11.5. The summed E-state index contributed by atoms with van der Waals surface area (Å²) in [6, 6.07) is 0. The molecule has 1 unspecified atom stereocenters. The van der Waals surface area contributed by atoms with Crippen LogP contribution >= 0.6 is 0 Å². The fourth-order valence-corrected chi connectivity index (χ4v) is 2.26. The highest BCUT2D eigenvalue weighted by atomic mass is 16.5. The van der Waals surface area contributed by atoms with Gasteiger partial charge in [0.1, 0.15) is 0 Å². The number of carbonyl (C=O) groups is 1. The number of hydrogen-bond acceptors (Lipinski definition) is 3. The van der Waals surface area contributed by atoms with Gasteiger partial charge >= 0.3 is 0 Å². The number of nitrogens with one attached hydrogen (secondary N) is 1. The molecule has 4 heteroatoms. The van der Waals surface area contributed by atoms with Crippen LogP contribution < -0.4 is 11.1 Å². The molecule has 94 valence electrons. The lowest BCUT2D eigenvalue weighted by Crippen LogP contribution is -2.33. The van der Waals surface area contributed by atoms with Crippen LogP contribution in [0.2, 0.25) is 0 Å². The number of carbonyl (C=O) groups excluding carboxylic acids is 1. The highest BCUT2D eigenvalue weighted by Gasteiger charge is 2.15. The molecular formula is C12H24N2O2. The average Bonchev–Trinajstić information content (AvgIpc) is 2.79. The molecule has 0 heterocycles. The Morgan fingerprint density at radius 3 is 2.75 bits per heavy atom. The quantitative estimate of drug-likeness (QED) is 0.684. The Labute approximate surface area is 97.9 Å². The molecule has 0 aliphatic heterocycles. The van der Waals surface area contributed by atoms with Gasteiger partial charge in [-0.15, -0.1) is 0 Å². The molecule has 0 aromatic rings. The molecule has 1 fully saturated rings. The molecule has 0 saturated heterocycles. The predicted molar refractivity (Wildman–Crippen MR) is 64.1 cm³/mol. The number of rotatable bonds is 7. The normalized spacial score (nSPS) is 18.6. The molecule has 4 nitrogen and oxygen atoms in total. The third kappa shape index (κ3) is 4.94. The van der Waals surface area contributed by atoms with Crippen LogP contribution in [0, 0.1) is 5.92 Å². The van der Waals surface area contributed by atoms with Crippen molar-refractivity contribution in [3.05, 3.63) is 0 Å². The Morgan fingerprint density at radius 2 is 2.19 bits per heavy atom. The zero-order valence-corrected chi connectivity index (χ0v) is 10.2. The van der Waals surface area contributed by atoms with Gasteiger partial charge in [-0.3, -0.25) is 4.79 Å². The summed E-state index contributed by atoms with van der Waals surface area (Å²) in [5.74, 6) is 0.878. The van der Waals surface area contributed by atoms with Gasteiger partial charge in [-0.25, -0.2) is 0 Å². The highest BCUT2D eigenvalue weighted by molar-refractivity contribution is 5.76. The van der Waals surface area contributed by atoms with E-state index in [0.29, 0.717) is 13.0 Å². The number of amides is 1. The van der Waals surface area contributed by atoms with E-state index < -0.39 is 0 Å². The van der Waals surface area contributed by atoms with E-state index in [4.69, 9.17) is 10.5 Å². The van der Waals surface area contributed by atoms with E-state index in [1.54, 1.807) is 7.11 Å². The molecule has 0 radical (unpaired) electrons. The number of hydrogen-bond donors (Lipinski definition) is 2. The minimum absolute atomic E-state index is 0.0512. The van der Waals surface area contributed by atoms with Crippen molar-refractivity contribution in [2.24, 2.45) is 11.7 Å². The highest BCUT2D eigenvalue weighted by Crippen LogP contribution is 2.26. The second-order valence-corrected chi connectivity index (χ2v) is 4.59. The summed E-state index contributed by atoms with van der Waals surface area (Å²) in [6.45, 7) is 1.19. The smallest absolute Gasteiger partial charge is 0.222 e. The summed E-state index contributed by atoms with van der Waals surface area (Å²) in [5.41, 5.74) is 5.45. The van der Waals surface area contributed by atoms with Crippen LogP contribution in [0.4, 0.5) is 0 Å². The third-order valence-corrected chi connectivity index (χ3v) is 3.36. The van der Waals surface area contributed by atoms with E-state index in [2.05, 4.69) is 5.32 Å². The Kier molecular flexibility index (Phi) is 6.42. The monoisotopic (exact) mass is 228 g/mol. The molecule has 1 amide bonds.